The van der Waals surface area contributed by atoms with E-state index in [0.717, 1.165) is 44.1 Å². The largest absolute Gasteiger partial charge is 0.384 e. The molecule has 0 aliphatic heterocycles. The molecule has 0 aromatic carbocycles. The lowest BCUT2D eigenvalue weighted by Gasteiger charge is -2.28. The first kappa shape index (κ1) is 20.7. The van der Waals surface area contributed by atoms with Crippen LogP contribution in [0, 0.1) is 0 Å². The first-order valence-electron chi connectivity index (χ1n) is 7.64. The van der Waals surface area contributed by atoms with Crippen molar-refractivity contribution in [3.8, 4) is 0 Å². The molecule has 0 heterocycles. The molecule has 5 heteroatoms. The van der Waals surface area contributed by atoms with Crippen molar-refractivity contribution in [3.05, 3.63) is 62.5 Å². The minimum absolute atomic E-state index is 0.145. The van der Waals surface area contributed by atoms with Crippen molar-refractivity contribution >= 4 is 5.91 Å². The van der Waals surface area contributed by atoms with E-state index in [4.69, 9.17) is 0 Å². The van der Waals surface area contributed by atoms with E-state index < -0.39 is 0 Å². The number of amides is 1. The summed E-state index contributed by atoms with van der Waals surface area (Å²) < 4.78 is 0. The summed E-state index contributed by atoms with van der Waals surface area (Å²) in [5.41, 5.74) is 1.70. The van der Waals surface area contributed by atoms with Crippen LogP contribution in [0.2, 0.25) is 0 Å². The number of likely N-dealkylation sites (N-methyl/N-ethyl adjacent to an activating group) is 1. The second-order valence-corrected chi connectivity index (χ2v) is 5.14. The summed E-state index contributed by atoms with van der Waals surface area (Å²) in [5.74, 6) is -0.145. The molecule has 0 aromatic heterocycles. The highest BCUT2D eigenvalue weighted by atomic mass is 16.1. The Balaban J connectivity index is 4.17. The summed E-state index contributed by atoms with van der Waals surface area (Å²) in [6.07, 6.45) is 4.73. The number of nitrogens with one attached hydrogen (secondary N) is 2. The molecular weight excluding hydrogens is 288 g/mol. The monoisotopic (exact) mass is 318 g/mol. The molecule has 0 unspecified atom stereocenters. The zero-order valence-corrected chi connectivity index (χ0v) is 14.3. The number of carbonyl (C=O) groups is 1. The lowest BCUT2D eigenvalue weighted by atomic mass is 10.3. The second kappa shape index (κ2) is 12.3. The van der Waals surface area contributed by atoms with Crippen molar-refractivity contribution in [1.82, 2.24) is 20.4 Å². The second-order valence-electron chi connectivity index (χ2n) is 5.14. The highest BCUT2D eigenvalue weighted by molar-refractivity contribution is 5.86. The molecule has 1 amide bonds. The van der Waals surface area contributed by atoms with Gasteiger partial charge in [-0.1, -0.05) is 32.9 Å². The maximum Gasteiger partial charge on any atom is 0.243 e. The predicted octanol–water partition coefficient (Wildman–Crippen LogP) is 1.51. The molecule has 0 radical (unpaired) electrons. The third-order valence-electron chi connectivity index (χ3n) is 3.35. The van der Waals surface area contributed by atoms with Crippen LogP contribution in [-0.4, -0.2) is 62.0 Å². The van der Waals surface area contributed by atoms with Crippen LogP contribution in [0.3, 0.4) is 0 Å². The van der Waals surface area contributed by atoms with Crippen molar-refractivity contribution in [3.63, 3.8) is 0 Å². The van der Waals surface area contributed by atoms with E-state index in [0.29, 0.717) is 6.54 Å². The number of hydrogen-bond acceptors (Lipinski definition) is 4. The van der Waals surface area contributed by atoms with Gasteiger partial charge in [0.05, 0.1) is 0 Å². The van der Waals surface area contributed by atoms with Gasteiger partial charge in [0.1, 0.15) is 0 Å². The minimum atomic E-state index is -0.145. The van der Waals surface area contributed by atoms with Gasteiger partial charge in [0, 0.05) is 50.7 Å². The average molecular weight is 318 g/mol. The normalized spacial score (nSPS) is 9.83. The van der Waals surface area contributed by atoms with E-state index in [1.165, 1.54) is 6.08 Å². The number of carbonyl (C=O) groups excluding carboxylic acids is 1. The first-order valence-corrected chi connectivity index (χ1v) is 7.64. The number of allylic oxidation sites excluding steroid dienone is 2. The molecule has 23 heavy (non-hydrogen) atoms. The highest BCUT2D eigenvalue weighted by Crippen LogP contribution is 2.02. The summed E-state index contributed by atoms with van der Waals surface area (Å²) in [6.45, 7) is 23.3. The predicted molar refractivity (Wildman–Crippen MR) is 99.0 cm³/mol. The Hall–Kier alpha value is -2.27. The molecule has 0 spiro atoms. The topological polar surface area (TPSA) is 47.6 Å². The molecule has 5 nitrogen and oxygen atoms in total. The first-order chi connectivity index (χ1) is 10.9. The third-order valence-corrected chi connectivity index (χ3v) is 3.35. The van der Waals surface area contributed by atoms with Crippen LogP contribution in [0.25, 0.3) is 0 Å². The van der Waals surface area contributed by atoms with Crippen molar-refractivity contribution in [2.24, 2.45) is 0 Å². The van der Waals surface area contributed by atoms with Gasteiger partial charge in [0.2, 0.25) is 5.91 Å². The molecule has 0 fully saturated rings. The molecule has 0 aliphatic carbocycles. The SMILES string of the molecule is C=CC(=C)NCCN(CCN(C)CCNC(=O)C=C)C(=C)C=C. The molecule has 0 bridgehead atoms. The van der Waals surface area contributed by atoms with Crippen molar-refractivity contribution < 1.29 is 4.79 Å². The van der Waals surface area contributed by atoms with E-state index in [1.807, 2.05) is 7.05 Å². The van der Waals surface area contributed by atoms with Gasteiger partial charge in [-0.15, -0.1) is 0 Å². The minimum Gasteiger partial charge on any atom is -0.384 e. The van der Waals surface area contributed by atoms with Crippen LogP contribution in [-0.2, 0) is 4.79 Å². The molecule has 0 rings (SSSR count). The molecular formula is C18H30N4O. The smallest absolute Gasteiger partial charge is 0.243 e. The van der Waals surface area contributed by atoms with E-state index in [1.54, 1.807) is 12.2 Å². The summed E-state index contributed by atoms with van der Waals surface area (Å²) in [5, 5.41) is 5.95. The molecule has 0 aromatic rings. The van der Waals surface area contributed by atoms with Crippen molar-refractivity contribution in [1.29, 1.82) is 0 Å². The summed E-state index contributed by atoms with van der Waals surface area (Å²) in [6, 6.07) is 0. The third kappa shape index (κ3) is 10.1. The van der Waals surface area contributed by atoms with Crippen LogP contribution < -0.4 is 10.6 Å². The highest BCUT2D eigenvalue weighted by Gasteiger charge is 2.07. The summed E-state index contributed by atoms with van der Waals surface area (Å²) in [7, 11) is 2.02. The van der Waals surface area contributed by atoms with Gasteiger partial charge in [0.15, 0.2) is 0 Å². The number of hydrogen-bond donors (Lipinski definition) is 2. The van der Waals surface area contributed by atoms with Gasteiger partial charge >= 0.3 is 0 Å². The van der Waals surface area contributed by atoms with Gasteiger partial charge in [-0.3, -0.25) is 4.79 Å². The van der Waals surface area contributed by atoms with Crippen LogP contribution in [0.4, 0.5) is 0 Å². The number of nitrogens with zero attached hydrogens (tertiary/aromatic N) is 2. The van der Waals surface area contributed by atoms with Gasteiger partial charge in [-0.05, 0) is 25.3 Å². The van der Waals surface area contributed by atoms with Gasteiger partial charge < -0.3 is 20.4 Å². The van der Waals surface area contributed by atoms with Crippen LogP contribution in [0.1, 0.15) is 0 Å². The van der Waals surface area contributed by atoms with E-state index in [-0.39, 0.29) is 5.91 Å². The quantitative estimate of drug-likeness (QED) is 0.376. The molecule has 128 valence electrons. The van der Waals surface area contributed by atoms with Gasteiger partial charge in [-0.25, -0.2) is 0 Å². The Morgan fingerprint density at radius 2 is 1.57 bits per heavy atom. The molecule has 0 saturated carbocycles. The Morgan fingerprint density at radius 1 is 0.913 bits per heavy atom. The fraction of sp³-hybridized carbons (Fsp3) is 0.389. The van der Waals surface area contributed by atoms with Crippen LogP contribution in [0.15, 0.2) is 62.5 Å². The van der Waals surface area contributed by atoms with Crippen LogP contribution >= 0.6 is 0 Å². The summed E-state index contributed by atoms with van der Waals surface area (Å²) in [4.78, 5) is 15.4. The van der Waals surface area contributed by atoms with Gasteiger partial charge in [0.25, 0.3) is 0 Å². The standard InChI is InChI=1S/C18H30N4O/c1-7-16(4)19-11-13-22(17(5)8-2)15-14-21(6)12-10-20-18(23)9-3/h7-9,19H,1-5,10-15H2,6H3,(H,20,23). The fourth-order valence-corrected chi connectivity index (χ4v) is 1.80. The Kier molecular flexibility index (Phi) is 11.1. The molecule has 0 aliphatic rings. The van der Waals surface area contributed by atoms with Crippen molar-refractivity contribution in [2.75, 3.05) is 46.3 Å². The Labute approximate surface area is 140 Å². The Morgan fingerprint density at radius 3 is 2.13 bits per heavy atom. The van der Waals surface area contributed by atoms with E-state index in [9.17, 15) is 4.79 Å². The summed E-state index contributed by atoms with van der Waals surface area (Å²) >= 11 is 0. The van der Waals surface area contributed by atoms with E-state index >= 15 is 0 Å². The van der Waals surface area contributed by atoms with Crippen molar-refractivity contribution in [2.45, 2.75) is 0 Å². The van der Waals surface area contributed by atoms with Crippen LogP contribution in [0.5, 0.6) is 0 Å². The zero-order valence-electron chi connectivity index (χ0n) is 14.3. The number of rotatable bonds is 14. The maximum absolute atomic E-state index is 11.1. The molecule has 2 N–H and O–H groups in total. The zero-order chi connectivity index (χ0) is 17.7. The van der Waals surface area contributed by atoms with Gasteiger partial charge in [-0.2, -0.15) is 0 Å². The fourth-order valence-electron chi connectivity index (χ4n) is 1.80. The Bertz CT molecular complexity index is 442. The maximum atomic E-state index is 11.1. The molecule has 0 saturated heterocycles. The molecule has 0 atom stereocenters. The lowest BCUT2D eigenvalue weighted by Crippen LogP contribution is -2.38. The lowest BCUT2D eigenvalue weighted by molar-refractivity contribution is -0.116. The van der Waals surface area contributed by atoms with E-state index in [2.05, 4.69) is 53.3 Å². The average Bonchev–Trinajstić information content (AvgIpc) is 2.56.